The maximum atomic E-state index is 11.7. The molecule has 142 valence electrons. The van der Waals surface area contributed by atoms with E-state index < -0.39 is 9.84 Å². The third-order valence-corrected chi connectivity index (χ3v) is 5.06. The number of nitrogens with one attached hydrogen (secondary N) is 2. The maximum absolute atomic E-state index is 11.7. The van der Waals surface area contributed by atoms with Crippen molar-refractivity contribution < 1.29 is 8.42 Å². The number of guanidine groups is 1. The molecule has 1 rings (SSSR count). The van der Waals surface area contributed by atoms with Gasteiger partial charge in [0.1, 0.15) is 0 Å². The minimum absolute atomic E-state index is 0.120. The summed E-state index contributed by atoms with van der Waals surface area (Å²) in [4.78, 5) is 6.80. The highest BCUT2D eigenvalue weighted by Crippen LogP contribution is 2.17. The lowest BCUT2D eigenvalue weighted by molar-refractivity contribution is 0.241. The molecule has 0 aromatic heterocycles. The summed E-state index contributed by atoms with van der Waals surface area (Å²) in [6.45, 7) is 8.59. The van der Waals surface area contributed by atoms with Crippen LogP contribution in [0, 0.1) is 12.3 Å². The van der Waals surface area contributed by atoms with Gasteiger partial charge in [0, 0.05) is 32.9 Å². The molecule has 2 N–H and O–H groups in total. The average Bonchev–Trinajstić information content (AvgIpc) is 2.44. The smallest absolute Gasteiger partial charge is 0.191 e. The Morgan fingerprint density at radius 2 is 1.88 bits per heavy atom. The normalized spacial score (nSPS) is 13.2. The van der Waals surface area contributed by atoms with E-state index in [0.717, 1.165) is 30.2 Å². The number of aryl methyl sites for hydroxylation is 1. The molecular weight excluding hydrogens is 336 g/mol. The first kappa shape index (κ1) is 21.4. The minimum atomic E-state index is -3.18. The van der Waals surface area contributed by atoms with E-state index in [4.69, 9.17) is 0 Å². The molecule has 0 spiro atoms. The first-order chi connectivity index (χ1) is 11.4. The molecule has 0 aliphatic heterocycles. The Kier molecular flexibility index (Phi) is 7.44. The zero-order valence-corrected chi connectivity index (χ0v) is 17.3. The largest absolute Gasteiger partial charge is 0.356 e. The van der Waals surface area contributed by atoms with Crippen molar-refractivity contribution in [3.63, 3.8) is 0 Å². The van der Waals surface area contributed by atoms with Crippen LogP contribution in [0.2, 0.25) is 0 Å². The lowest BCUT2D eigenvalue weighted by atomic mass is 9.93. The lowest BCUT2D eigenvalue weighted by Gasteiger charge is -2.29. The highest BCUT2D eigenvalue weighted by molar-refractivity contribution is 7.90. The summed E-state index contributed by atoms with van der Waals surface area (Å²) in [6.07, 6.45) is 1.23. The van der Waals surface area contributed by atoms with Crippen molar-refractivity contribution in [3.05, 3.63) is 29.3 Å². The molecule has 0 heterocycles. The summed E-state index contributed by atoms with van der Waals surface area (Å²) < 4.78 is 23.4. The first-order valence-electron chi connectivity index (χ1n) is 8.33. The van der Waals surface area contributed by atoms with Crippen LogP contribution in [0.5, 0.6) is 0 Å². The Labute approximate surface area is 152 Å². The standard InChI is InChI=1S/C18H32N4O2S/c1-14-10-15(8-9-16(14)25(7,23)24)11-20-17(19-4)21-12-18(2,3)13-22(5)6/h8-10H,11-13H2,1-7H3,(H2,19,20,21). The highest BCUT2D eigenvalue weighted by atomic mass is 32.2. The van der Waals surface area contributed by atoms with Crippen molar-refractivity contribution in [2.75, 3.05) is 40.5 Å². The molecule has 0 radical (unpaired) electrons. The fourth-order valence-electron chi connectivity index (χ4n) is 2.88. The number of aliphatic imine (C=N–C) groups is 1. The Morgan fingerprint density at radius 1 is 1.24 bits per heavy atom. The molecule has 25 heavy (non-hydrogen) atoms. The fourth-order valence-corrected chi connectivity index (χ4v) is 3.84. The second kappa shape index (κ2) is 8.67. The van der Waals surface area contributed by atoms with Crippen molar-refractivity contribution in [1.29, 1.82) is 0 Å². The summed E-state index contributed by atoms with van der Waals surface area (Å²) in [5.41, 5.74) is 1.90. The number of nitrogens with zero attached hydrogens (tertiary/aromatic N) is 2. The Morgan fingerprint density at radius 3 is 2.36 bits per heavy atom. The zero-order valence-electron chi connectivity index (χ0n) is 16.5. The van der Waals surface area contributed by atoms with Gasteiger partial charge in [-0.3, -0.25) is 4.99 Å². The molecule has 0 atom stereocenters. The van der Waals surface area contributed by atoms with Gasteiger partial charge in [0.2, 0.25) is 0 Å². The van der Waals surface area contributed by atoms with Crippen molar-refractivity contribution in [3.8, 4) is 0 Å². The number of rotatable bonds is 7. The van der Waals surface area contributed by atoms with Gasteiger partial charge in [0.15, 0.2) is 15.8 Å². The van der Waals surface area contributed by atoms with Crippen LogP contribution < -0.4 is 10.6 Å². The molecule has 6 nitrogen and oxygen atoms in total. The van der Waals surface area contributed by atoms with Crippen LogP contribution in [0.25, 0.3) is 0 Å². The summed E-state index contributed by atoms with van der Waals surface area (Å²) in [5, 5.41) is 6.62. The Bertz CT molecular complexity index is 710. The van der Waals surface area contributed by atoms with E-state index in [2.05, 4.69) is 48.5 Å². The summed E-state index contributed by atoms with van der Waals surface area (Å²) in [7, 11) is 2.69. The van der Waals surface area contributed by atoms with Gasteiger partial charge in [0.05, 0.1) is 4.90 Å². The van der Waals surface area contributed by atoms with Crippen LogP contribution in [0.4, 0.5) is 0 Å². The second-order valence-electron chi connectivity index (χ2n) is 7.55. The molecule has 0 bridgehead atoms. The van der Waals surface area contributed by atoms with E-state index >= 15 is 0 Å². The molecule has 0 unspecified atom stereocenters. The predicted octanol–water partition coefficient (Wildman–Crippen LogP) is 1.65. The number of hydrogen-bond donors (Lipinski definition) is 2. The van der Waals surface area contributed by atoms with Crippen LogP contribution in [0.1, 0.15) is 25.0 Å². The quantitative estimate of drug-likeness (QED) is 0.565. The van der Waals surface area contributed by atoms with Crippen LogP contribution >= 0.6 is 0 Å². The van der Waals surface area contributed by atoms with Crippen LogP contribution in [-0.2, 0) is 16.4 Å². The van der Waals surface area contributed by atoms with Crippen molar-refractivity contribution in [2.45, 2.75) is 32.2 Å². The molecule has 0 fully saturated rings. The molecule has 0 aliphatic rings. The molecule has 1 aromatic rings. The van der Waals surface area contributed by atoms with Gasteiger partial charge in [-0.25, -0.2) is 8.42 Å². The average molecular weight is 369 g/mol. The number of benzene rings is 1. The monoisotopic (exact) mass is 368 g/mol. The third-order valence-electron chi connectivity index (χ3n) is 3.80. The van der Waals surface area contributed by atoms with E-state index in [0.29, 0.717) is 11.4 Å². The Hall–Kier alpha value is -1.60. The third kappa shape index (κ3) is 7.44. The molecule has 0 saturated heterocycles. The molecular formula is C18H32N4O2S. The molecule has 1 aromatic carbocycles. The Balaban J connectivity index is 2.65. The van der Waals surface area contributed by atoms with Gasteiger partial charge < -0.3 is 15.5 Å². The van der Waals surface area contributed by atoms with E-state index in [-0.39, 0.29) is 5.41 Å². The number of sulfone groups is 1. The molecule has 0 saturated carbocycles. The van der Waals surface area contributed by atoms with E-state index in [9.17, 15) is 8.42 Å². The summed E-state index contributed by atoms with van der Waals surface area (Å²) in [6, 6.07) is 5.39. The van der Waals surface area contributed by atoms with E-state index in [1.54, 1.807) is 13.1 Å². The van der Waals surface area contributed by atoms with Crippen molar-refractivity contribution in [1.82, 2.24) is 15.5 Å². The summed E-state index contributed by atoms with van der Waals surface area (Å²) in [5.74, 6) is 0.733. The van der Waals surface area contributed by atoms with Crippen molar-refractivity contribution >= 4 is 15.8 Å². The maximum Gasteiger partial charge on any atom is 0.191 e. The molecule has 0 aliphatic carbocycles. The number of hydrogen-bond acceptors (Lipinski definition) is 4. The summed E-state index contributed by atoms with van der Waals surface area (Å²) >= 11 is 0. The van der Waals surface area contributed by atoms with Gasteiger partial charge in [-0.2, -0.15) is 0 Å². The van der Waals surface area contributed by atoms with Gasteiger partial charge in [0.25, 0.3) is 0 Å². The van der Waals surface area contributed by atoms with Crippen LogP contribution in [0.3, 0.4) is 0 Å². The van der Waals surface area contributed by atoms with Crippen molar-refractivity contribution in [2.24, 2.45) is 10.4 Å². The lowest BCUT2D eigenvalue weighted by Crippen LogP contribution is -2.44. The first-order valence-corrected chi connectivity index (χ1v) is 10.2. The van der Waals surface area contributed by atoms with Gasteiger partial charge in [-0.15, -0.1) is 0 Å². The predicted molar refractivity (Wildman–Crippen MR) is 105 cm³/mol. The molecule has 0 amide bonds. The fraction of sp³-hybridized carbons (Fsp3) is 0.611. The zero-order chi connectivity index (χ0) is 19.3. The second-order valence-corrected chi connectivity index (χ2v) is 9.54. The van der Waals surface area contributed by atoms with Gasteiger partial charge in [-0.1, -0.05) is 26.0 Å². The van der Waals surface area contributed by atoms with E-state index in [1.807, 2.05) is 19.1 Å². The minimum Gasteiger partial charge on any atom is -0.356 e. The molecule has 7 heteroatoms. The highest BCUT2D eigenvalue weighted by Gasteiger charge is 2.19. The van der Waals surface area contributed by atoms with Crippen LogP contribution in [0.15, 0.2) is 28.1 Å². The van der Waals surface area contributed by atoms with Gasteiger partial charge >= 0.3 is 0 Å². The topological polar surface area (TPSA) is 73.8 Å². The SMILES string of the molecule is CN=C(NCc1ccc(S(C)(=O)=O)c(C)c1)NCC(C)(C)CN(C)C. The van der Waals surface area contributed by atoms with Gasteiger partial charge in [-0.05, 0) is 43.6 Å². The van der Waals surface area contributed by atoms with E-state index in [1.165, 1.54) is 6.26 Å². The van der Waals surface area contributed by atoms with Crippen LogP contribution in [-0.4, -0.2) is 59.8 Å².